The van der Waals surface area contributed by atoms with Crippen LogP contribution in [0.5, 0.6) is 0 Å². The monoisotopic (exact) mass is 320 g/mol. The summed E-state index contributed by atoms with van der Waals surface area (Å²) in [6.45, 7) is 6.63. The highest BCUT2D eigenvalue weighted by atomic mass is 16.3. The number of hydrogen-bond acceptors (Lipinski definition) is 3. The molecule has 0 bridgehead atoms. The lowest BCUT2D eigenvalue weighted by molar-refractivity contribution is -0.136. The molecule has 2 amide bonds. The summed E-state index contributed by atoms with van der Waals surface area (Å²) < 4.78 is 0. The molecule has 0 aliphatic heterocycles. The molecule has 1 atom stereocenters. The topological polar surface area (TPSA) is 78.4 Å². The summed E-state index contributed by atoms with van der Waals surface area (Å²) >= 11 is 0. The molecular formula is C18H28N2O3. The van der Waals surface area contributed by atoms with Gasteiger partial charge in [-0.05, 0) is 36.3 Å². The van der Waals surface area contributed by atoms with Crippen LogP contribution in [0.25, 0.3) is 0 Å². The molecule has 1 aromatic carbocycles. The van der Waals surface area contributed by atoms with Crippen molar-refractivity contribution in [3.05, 3.63) is 29.8 Å². The van der Waals surface area contributed by atoms with Crippen LogP contribution in [0.2, 0.25) is 0 Å². The summed E-state index contributed by atoms with van der Waals surface area (Å²) in [4.78, 5) is 24.0. The van der Waals surface area contributed by atoms with Gasteiger partial charge in [0.2, 0.25) is 0 Å². The molecule has 0 aliphatic rings. The first-order valence-electron chi connectivity index (χ1n) is 8.28. The average molecular weight is 320 g/mol. The van der Waals surface area contributed by atoms with Gasteiger partial charge in [0.1, 0.15) is 0 Å². The smallest absolute Gasteiger partial charge is 0.313 e. The highest BCUT2D eigenvalue weighted by Gasteiger charge is 2.17. The molecule has 1 unspecified atom stereocenters. The van der Waals surface area contributed by atoms with Gasteiger partial charge < -0.3 is 15.7 Å². The Morgan fingerprint density at radius 3 is 2.43 bits per heavy atom. The maximum Gasteiger partial charge on any atom is 0.313 e. The molecule has 0 radical (unpaired) electrons. The second-order valence-electron chi connectivity index (χ2n) is 6.07. The molecule has 0 aliphatic carbocycles. The van der Waals surface area contributed by atoms with Crippen molar-refractivity contribution in [2.75, 3.05) is 18.5 Å². The fourth-order valence-corrected chi connectivity index (χ4v) is 2.55. The summed E-state index contributed by atoms with van der Waals surface area (Å²) in [5, 5.41) is 14.4. The van der Waals surface area contributed by atoms with Crippen LogP contribution in [0.15, 0.2) is 24.3 Å². The molecular weight excluding hydrogens is 292 g/mol. The number of carbonyl (C=O) groups is 2. The maximum absolute atomic E-state index is 12.0. The van der Waals surface area contributed by atoms with Gasteiger partial charge in [-0.15, -0.1) is 0 Å². The van der Waals surface area contributed by atoms with Crippen molar-refractivity contribution in [1.29, 1.82) is 0 Å². The number of rotatable bonds is 8. The first-order valence-corrected chi connectivity index (χ1v) is 8.28. The molecule has 128 valence electrons. The Morgan fingerprint density at radius 2 is 1.83 bits per heavy atom. The fourth-order valence-electron chi connectivity index (χ4n) is 2.55. The van der Waals surface area contributed by atoms with Gasteiger partial charge in [0.25, 0.3) is 0 Å². The fraction of sp³-hybridized carbons (Fsp3) is 0.556. The van der Waals surface area contributed by atoms with E-state index in [4.69, 9.17) is 5.11 Å². The molecule has 0 saturated carbocycles. The lowest BCUT2D eigenvalue weighted by atomic mass is 10.0. The van der Waals surface area contributed by atoms with Gasteiger partial charge in [0.15, 0.2) is 0 Å². The van der Waals surface area contributed by atoms with Gasteiger partial charge in [0, 0.05) is 18.8 Å². The third kappa shape index (κ3) is 6.40. The van der Waals surface area contributed by atoms with E-state index in [2.05, 4.69) is 17.6 Å². The number of aliphatic hydroxyl groups excluding tert-OH is 1. The molecule has 1 rings (SSSR count). The number of hydrogen-bond donors (Lipinski definition) is 3. The van der Waals surface area contributed by atoms with Crippen molar-refractivity contribution in [2.45, 2.75) is 46.0 Å². The Labute approximate surface area is 138 Å². The minimum atomic E-state index is -0.655. The summed E-state index contributed by atoms with van der Waals surface area (Å²) in [5.41, 5.74) is 1.67. The number of para-hydroxylation sites is 1. The molecule has 3 N–H and O–H groups in total. The van der Waals surface area contributed by atoms with Gasteiger partial charge in [0.05, 0.1) is 0 Å². The first kappa shape index (κ1) is 19.2. The van der Waals surface area contributed by atoms with E-state index in [9.17, 15) is 9.59 Å². The van der Waals surface area contributed by atoms with E-state index < -0.39 is 11.8 Å². The van der Waals surface area contributed by atoms with Crippen molar-refractivity contribution < 1.29 is 14.7 Å². The van der Waals surface area contributed by atoms with E-state index in [1.165, 1.54) is 0 Å². The Bertz CT molecular complexity index is 509. The molecule has 0 spiro atoms. The molecule has 5 heteroatoms. The number of benzene rings is 1. The van der Waals surface area contributed by atoms with Gasteiger partial charge in [-0.1, -0.05) is 45.4 Å². The molecule has 0 heterocycles. The molecule has 5 nitrogen and oxygen atoms in total. The standard InChI is InChI=1S/C18H28N2O3/c1-4-7-14(10-11-21)12-19-17(22)18(23)20-16-9-6-5-8-15(16)13(2)3/h5-6,8-9,13-14,21H,4,7,10-12H2,1-3H3,(H,19,22)(H,20,23). The summed E-state index contributed by atoms with van der Waals surface area (Å²) in [5.74, 6) is -0.835. The Balaban J connectivity index is 2.59. The summed E-state index contributed by atoms with van der Waals surface area (Å²) in [7, 11) is 0. The first-order chi connectivity index (χ1) is 11.0. The minimum Gasteiger partial charge on any atom is -0.396 e. The van der Waals surface area contributed by atoms with E-state index in [1.807, 2.05) is 32.0 Å². The molecule has 0 fully saturated rings. The largest absolute Gasteiger partial charge is 0.396 e. The quantitative estimate of drug-likeness (QED) is 0.644. The highest BCUT2D eigenvalue weighted by Crippen LogP contribution is 2.23. The van der Waals surface area contributed by atoms with Crippen molar-refractivity contribution >= 4 is 17.5 Å². The van der Waals surface area contributed by atoms with Crippen LogP contribution in [0.1, 0.15) is 51.5 Å². The van der Waals surface area contributed by atoms with E-state index in [0.717, 1.165) is 18.4 Å². The average Bonchev–Trinajstić information content (AvgIpc) is 2.53. The second-order valence-corrected chi connectivity index (χ2v) is 6.07. The number of carbonyl (C=O) groups excluding carboxylic acids is 2. The van der Waals surface area contributed by atoms with Crippen molar-refractivity contribution in [3.63, 3.8) is 0 Å². The lowest BCUT2D eigenvalue weighted by Gasteiger charge is -2.16. The van der Waals surface area contributed by atoms with E-state index >= 15 is 0 Å². The third-order valence-corrected chi connectivity index (χ3v) is 3.82. The zero-order valence-electron chi connectivity index (χ0n) is 14.3. The van der Waals surface area contributed by atoms with E-state index in [-0.39, 0.29) is 18.4 Å². The Morgan fingerprint density at radius 1 is 1.13 bits per heavy atom. The number of amides is 2. The predicted octanol–water partition coefficient (Wildman–Crippen LogP) is 2.66. The van der Waals surface area contributed by atoms with Crippen LogP contribution in [0, 0.1) is 5.92 Å². The van der Waals surface area contributed by atoms with Crippen LogP contribution in [-0.4, -0.2) is 30.1 Å². The van der Waals surface area contributed by atoms with Crippen LogP contribution >= 0.6 is 0 Å². The maximum atomic E-state index is 12.0. The van der Waals surface area contributed by atoms with Crippen molar-refractivity contribution in [1.82, 2.24) is 5.32 Å². The van der Waals surface area contributed by atoms with Crippen molar-refractivity contribution in [2.24, 2.45) is 5.92 Å². The lowest BCUT2D eigenvalue weighted by Crippen LogP contribution is -2.38. The van der Waals surface area contributed by atoms with Gasteiger partial charge in [-0.2, -0.15) is 0 Å². The van der Waals surface area contributed by atoms with E-state index in [0.29, 0.717) is 18.7 Å². The van der Waals surface area contributed by atoms with Crippen LogP contribution in [-0.2, 0) is 9.59 Å². The molecule has 1 aromatic rings. The minimum absolute atomic E-state index is 0.0918. The van der Waals surface area contributed by atoms with Crippen LogP contribution < -0.4 is 10.6 Å². The zero-order chi connectivity index (χ0) is 17.2. The third-order valence-electron chi connectivity index (χ3n) is 3.82. The normalized spacial score (nSPS) is 12.0. The number of nitrogens with one attached hydrogen (secondary N) is 2. The van der Waals surface area contributed by atoms with Gasteiger partial charge in [-0.3, -0.25) is 9.59 Å². The summed E-state index contributed by atoms with van der Waals surface area (Å²) in [6.07, 6.45) is 2.53. The van der Waals surface area contributed by atoms with Crippen LogP contribution in [0.3, 0.4) is 0 Å². The Hall–Kier alpha value is -1.88. The SMILES string of the molecule is CCCC(CCO)CNC(=O)C(=O)Nc1ccccc1C(C)C. The van der Waals surface area contributed by atoms with Crippen molar-refractivity contribution in [3.8, 4) is 0 Å². The van der Waals surface area contributed by atoms with Gasteiger partial charge in [-0.25, -0.2) is 0 Å². The zero-order valence-corrected chi connectivity index (χ0v) is 14.3. The second kappa shape index (κ2) is 10.0. The molecule has 23 heavy (non-hydrogen) atoms. The highest BCUT2D eigenvalue weighted by molar-refractivity contribution is 6.39. The van der Waals surface area contributed by atoms with Gasteiger partial charge >= 0.3 is 11.8 Å². The molecule has 0 saturated heterocycles. The predicted molar refractivity (Wildman–Crippen MR) is 92.3 cm³/mol. The number of anilines is 1. The molecule has 0 aromatic heterocycles. The van der Waals surface area contributed by atoms with E-state index in [1.54, 1.807) is 6.07 Å². The summed E-state index contributed by atoms with van der Waals surface area (Å²) in [6, 6.07) is 7.48. The van der Waals surface area contributed by atoms with Crippen LogP contribution in [0.4, 0.5) is 5.69 Å². The number of aliphatic hydroxyl groups is 1. The Kier molecular flexibility index (Phi) is 8.33.